The minimum absolute atomic E-state index is 0.239. The van der Waals surface area contributed by atoms with E-state index in [4.69, 9.17) is 5.73 Å². The molecule has 0 aliphatic heterocycles. The number of pyridine rings is 1. The molecule has 0 saturated carbocycles. The summed E-state index contributed by atoms with van der Waals surface area (Å²) in [6.45, 7) is 2.44. The van der Waals surface area contributed by atoms with Crippen molar-refractivity contribution >= 4 is 11.8 Å². The lowest BCUT2D eigenvalue weighted by atomic mass is 10.2. The average Bonchev–Trinajstić information content (AvgIpc) is 2.29. The van der Waals surface area contributed by atoms with Crippen LogP contribution in [0.3, 0.4) is 0 Å². The van der Waals surface area contributed by atoms with Gasteiger partial charge in [0.25, 0.3) is 0 Å². The molecule has 0 amide bonds. The van der Waals surface area contributed by atoms with E-state index in [1.165, 1.54) is 23.9 Å². The number of aryl methyl sites for hydroxylation is 1. The van der Waals surface area contributed by atoms with Gasteiger partial charge in [-0.1, -0.05) is 17.8 Å². The molecular weight excluding hydrogens is 235 g/mol. The molecule has 88 valence electrons. The molecule has 0 radical (unpaired) electrons. The van der Waals surface area contributed by atoms with E-state index >= 15 is 0 Å². The number of hydrogen-bond acceptors (Lipinski definition) is 3. The first-order valence-electron chi connectivity index (χ1n) is 5.28. The van der Waals surface area contributed by atoms with Crippen molar-refractivity contribution in [1.29, 1.82) is 0 Å². The van der Waals surface area contributed by atoms with E-state index < -0.39 is 0 Å². The van der Waals surface area contributed by atoms with E-state index in [9.17, 15) is 4.39 Å². The van der Waals surface area contributed by atoms with Crippen LogP contribution in [0.15, 0.2) is 46.5 Å². The van der Waals surface area contributed by atoms with Crippen LogP contribution in [-0.2, 0) is 6.54 Å². The molecule has 1 heterocycles. The lowest BCUT2D eigenvalue weighted by Gasteiger charge is -2.08. The summed E-state index contributed by atoms with van der Waals surface area (Å²) < 4.78 is 13.1. The highest BCUT2D eigenvalue weighted by molar-refractivity contribution is 7.99. The van der Waals surface area contributed by atoms with Crippen LogP contribution in [0.4, 0.5) is 4.39 Å². The Morgan fingerprint density at radius 2 is 2.18 bits per heavy atom. The highest BCUT2D eigenvalue weighted by Crippen LogP contribution is 2.30. The summed E-state index contributed by atoms with van der Waals surface area (Å²) in [5, 5.41) is 0.845. The first-order valence-corrected chi connectivity index (χ1v) is 6.10. The van der Waals surface area contributed by atoms with Gasteiger partial charge in [-0.2, -0.15) is 0 Å². The standard InChI is InChI=1S/C13H13FN2S/c1-9-5-6-16-13(12(9)8-15)17-11-4-2-3-10(14)7-11/h2-7H,8,15H2,1H3. The molecule has 0 saturated heterocycles. The largest absolute Gasteiger partial charge is 0.326 e. The molecule has 0 bridgehead atoms. The fourth-order valence-electron chi connectivity index (χ4n) is 1.54. The normalized spacial score (nSPS) is 10.5. The SMILES string of the molecule is Cc1ccnc(Sc2cccc(F)c2)c1CN. The van der Waals surface area contributed by atoms with Gasteiger partial charge < -0.3 is 5.73 Å². The number of halogens is 1. The molecule has 4 heteroatoms. The van der Waals surface area contributed by atoms with Gasteiger partial charge in [0.1, 0.15) is 10.8 Å². The van der Waals surface area contributed by atoms with E-state index in [2.05, 4.69) is 4.98 Å². The second kappa shape index (κ2) is 5.29. The number of nitrogens with zero attached hydrogens (tertiary/aromatic N) is 1. The molecule has 0 atom stereocenters. The van der Waals surface area contributed by atoms with Crippen LogP contribution in [0.5, 0.6) is 0 Å². The van der Waals surface area contributed by atoms with Gasteiger partial charge in [-0.25, -0.2) is 9.37 Å². The van der Waals surface area contributed by atoms with Crippen molar-refractivity contribution in [2.45, 2.75) is 23.4 Å². The molecule has 0 unspecified atom stereocenters. The molecule has 0 fully saturated rings. The maximum atomic E-state index is 13.1. The first kappa shape index (κ1) is 12.1. The zero-order chi connectivity index (χ0) is 12.3. The van der Waals surface area contributed by atoms with Crippen molar-refractivity contribution in [2.75, 3.05) is 0 Å². The number of benzene rings is 1. The third-order valence-corrected chi connectivity index (χ3v) is 3.50. The summed E-state index contributed by atoms with van der Waals surface area (Å²) >= 11 is 1.44. The van der Waals surface area contributed by atoms with E-state index in [0.29, 0.717) is 6.54 Å². The van der Waals surface area contributed by atoms with E-state index in [1.807, 2.05) is 19.1 Å². The average molecular weight is 248 g/mol. The molecule has 2 N–H and O–H groups in total. The van der Waals surface area contributed by atoms with E-state index in [1.54, 1.807) is 12.3 Å². The summed E-state index contributed by atoms with van der Waals surface area (Å²) in [6, 6.07) is 8.40. The Kier molecular flexibility index (Phi) is 3.76. The lowest BCUT2D eigenvalue weighted by molar-refractivity contribution is 0.624. The summed E-state index contributed by atoms with van der Waals surface area (Å²) in [4.78, 5) is 5.13. The van der Waals surface area contributed by atoms with Gasteiger partial charge in [-0.05, 0) is 36.8 Å². The Hall–Kier alpha value is -1.39. The van der Waals surface area contributed by atoms with Crippen molar-refractivity contribution in [3.8, 4) is 0 Å². The summed E-state index contributed by atoms with van der Waals surface area (Å²) in [7, 11) is 0. The second-order valence-electron chi connectivity index (χ2n) is 3.68. The predicted octanol–water partition coefficient (Wildman–Crippen LogP) is 3.14. The molecule has 1 aromatic heterocycles. The fraction of sp³-hybridized carbons (Fsp3) is 0.154. The van der Waals surface area contributed by atoms with Gasteiger partial charge in [0.15, 0.2) is 0 Å². The van der Waals surface area contributed by atoms with Crippen LogP contribution < -0.4 is 5.73 Å². The van der Waals surface area contributed by atoms with Crippen LogP contribution >= 0.6 is 11.8 Å². The molecule has 0 spiro atoms. The third kappa shape index (κ3) is 2.84. The van der Waals surface area contributed by atoms with Crippen LogP contribution in [-0.4, -0.2) is 4.98 Å². The van der Waals surface area contributed by atoms with Gasteiger partial charge in [0.05, 0.1) is 0 Å². The fourth-order valence-corrected chi connectivity index (χ4v) is 2.56. The van der Waals surface area contributed by atoms with E-state index in [-0.39, 0.29) is 5.82 Å². The van der Waals surface area contributed by atoms with Crippen molar-refractivity contribution < 1.29 is 4.39 Å². The molecule has 17 heavy (non-hydrogen) atoms. The molecule has 2 nitrogen and oxygen atoms in total. The van der Waals surface area contributed by atoms with Gasteiger partial charge in [-0.3, -0.25) is 0 Å². The minimum atomic E-state index is -0.239. The number of rotatable bonds is 3. The van der Waals surface area contributed by atoms with Gasteiger partial charge in [-0.15, -0.1) is 0 Å². The highest BCUT2D eigenvalue weighted by Gasteiger charge is 2.07. The highest BCUT2D eigenvalue weighted by atomic mass is 32.2. The van der Waals surface area contributed by atoms with Crippen LogP contribution in [0.2, 0.25) is 0 Å². The third-order valence-electron chi connectivity index (χ3n) is 2.47. The van der Waals surface area contributed by atoms with Crippen LogP contribution in [0, 0.1) is 12.7 Å². The molecule has 2 aromatic rings. The van der Waals surface area contributed by atoms with Crippen molar-refractivity contribution in [3.63, 3.8) is 0 Å². The second-order valence-corrected chi connectivity index (χ2v) is 4.74. The Morgan fingerprint density at radius 1 is 1.35 bits per heavy atom. The van der Waals surface area contributed by atoms with Crippen LogP contribution in [0.1, 0.15) is 11.1 Å². The van der Waals surface area contributed by atoms with Gasteiger partial charge in [0, 0.05) is 23.2 Å². The lowest BCUT2D eigenvalue weighted by Crippen LogP contribution is -2.02. The molecular formula is C13H13FN2S. The summed E-state index contributed by atoms with van der Waals surface area (Å²) in [5.74, 6) is -0.239. The summed E-state index contributed by atoms with van der Waals surface area (Å²) in [5.41, 5.74) is 7.84. The van der Waals surface area contributed by atoms with Crippen molar-refractivity contribution in [2.24, 2.45) is 5.73 Å². The molecule has 0 aliphatic rings. The number of nitrogens with two attached hydrogens (primary N) is 1. The number of hydrogen-bond donors (Lipinski definition) is 1. The topological polar surface area (TPSA) is 38.9 Å². The van der Waals surface area contributed by atoms with Crippen molar-refractivity contribution in [1.82, 2.24) is 4.98 Å². The minimum Gasteiger partial charge on any atom is -0.326 e. The first-order chi connectivity index (χ1) is 8.20. The quantitative estimate of drug-likeness (QED) is 0.907. The Labute approximate surface area is 104 Å². The maximum absolute atomic E-state index is 13.1. The zero-order valence-electron chi connectivity index (χ0n) is 9.48. The maximum Gasteiger partial charge on any atom is 0.124 e. The molecule has 2 rings (SSSR count). The van der Waals surface area contributed by atoms with Crippen LogP contribution in [0.25, 0.3) is 0 Å². The molecule has 1 aromatic carbocycles. The Bertz CT molecular complexity index is 529. The predicted molar refractivity (Wildman–Crippen MR) is 67.4 cm³/mol. The molecule has 0 aliphatic carbocycles. The van der Waals surface area contributed by atoms with Gasteiger partial charge >= 0.3 is 0 Å². The monoisotopic (exact) mass is 248 g/mol. The zero-order valence-corrected chi connectivity index (χ0v) is 10.3. The van der Waals surface area contributed by atoms with Crippen molar-refractivity contribution in [3.05, 3.63) is 53.5 Å². The summed E-state index contributed by atoms with van der Waals surface area (Å²) in [6.07, 6.45) is 1.75. The van der Waals surface area contributed by atoms with Gasteiger partial charge in [0.2, 0.25) is 0 Å². The Balaban J connectivity index is 2.33. The smallest absolute Gasteiger partial charge is 0.124 e. The number of aromatic nitrogens is 1. The Morgan fingerprint density at radius 3 is 2.88 bits per heavy atom. The van der Waals surface area contributed by atoms with E-state index in [0.717, 1.165) is 21.0 Å².